The lowest BCUT2D eigenvalue weighted by Crippen LogP contribution is -2.34. The molecule has 0 saturated heterocycles. The molecular weight excluding hydrogens is 386 g/mol. The number of amides is 2. The van der Waals surface area contributed by atoms with Gasteiger partial charge in [-0.1, -0.05) is 54.1 Å². The van der Waals surface area contributed by atoms with E-state index in [0.717, 1.165) is 11.1 Å². The Kier molecular flexibility index (Phi) is 6.98. The summed E-state index contributed by atoms with van der Waals surface area (Å²) in [5.41, 5.74) is 2.23. The monoisotopic (exact) mass is 407 g/mol. The quantitative estimate of drug-likeness (QED) is 0.636. The zero-order valence-electron chi connectivity index (χ0n) is 16.1. The summed E-state index contributed by atoms with van der Waals surface area (Å²) in [4.78, 5) is 31.3. The lowest BCUT2D eigenvalue weighted by Gasteiger charge is -2.23. The van der Waals surface area contributed by atoms with Crippen LogP contribution in [0.2, 0.25) is 5.02 Å². The fourth-order valence-corrected chi connectivity index (χ4v) is 3.22. The van der Waals surface area contributed by atoms with Crippen LogP contribution in [0.5, 0.6) is 0 Å². The van der Waals surface area contributed by atoms with Crippen molar-refractivity contribution in [2.24, 2.45) is 0 Å². The number of pyridine rings is 1. The van der Waals surface area contributed by atoms with Gasteiger partial charge in [0.05, 0.1) is 23.0 Å². The van der Waals surface area contributed by atoms with Crippen LogP contribution in [0.1, 0.15) is 33.9 Å². The number of hydrogen-bond donors (Lipinski definition) is 1. The van der Waals surface area contributed by atoms with E-state index in [4.69, 9.17) is 11.6 Å². The molecule has 0 bridgehead atoms. The van der Waals surface area contributed by atoms with Gasteiger partial charge in [0.15, 0.2) is 0 Å². The van der Waals surface area contributed by atoms with Gasteiger partial charge in [0.2, 0.25) is 5.91 Å². The van der Waals surface area contributed by atoms with Gasteiger partial charge >= 0.3 is 0 Å². The highest BCUT2D eigenvalue weighted by Crippen LogP contribution is 2.21. The lowest BCUT2D eigenvalue weighted by atomic mass is 10.0. The van der Waals surface area contributed by atoms with E-state index in [1.807, 2.05) is 42.5 Å². The molecule has 0 aliphatic carbocycles. The third-order valence-electron chi connectivity index (χ3n) is 4.60. The second-order valence-electron chi connectivity index (χ2n) is 6.73. The fourth-order valence-electron chi connectivity index (χ4n) is 3.00. The number of hydrogen-bond acceptors (Lipinski definition) is 3. The standard InChI is InChI=1S/C23H22ClN3O2/c1-27(16-17-11-13-25-14-12-17)22(28)15-21(18-7-3-2-4-8-18)26-23(29)19-9-5-6-10-20(19)24/h2-14,21H,15-16H2,1H3,(H,26,29). The van der Waals surface area contributed by atoms with Gasteiger partial charge in [0.1, 0.15) is 0 Å². The average Bonchev–Trinajstić information content (AvgIpc) is 2.74. The van der Waals surface area contributed by atoms with Gasteiger partial charge in [-0.2, -0.15) is 0 Å². The van der Waals surface area contributed by atoms with Crippen LogP contribution in [0.4, 0.5) is 0 Å². The van der Waals surface area contributed by atoms with Crippen LogP contribution in [-0.4, -0.2) is 28.7 Å². The lowest BCUT2D eigenvalue weighted by molar-refractivity contribution is -0.130. The Labute approximate surface area is 175 Å². The molecule has 6 heteroatoms. The number of rotatable bonds is 7. The molecule has 1 unspecified atom stereocenters. The maximum atomic E-state index is 12.8. The molecule has 0 spiro atoms. The fraction of sp³-hybridized carbons (Fsp3) is 0.174. The van der Waals surface area contributed by atoms with Crippen LogP contribution in [0.15, 0.2) is 79.1 Å². The normalized spacial score (nSPS) is 11.5. The van der Waals surface area contributed by atoms with Crippen LogP contribution in [0, 0.1) is 0 Å². The van der Waals surface area contributed by atoms with Gasteiger partial charge in [-0.3, -0.25) is 14.6 Å². The van der Waals surface area contributed by atoms with Gasteiger partial charge in [-0.15, -0.1) is 0 Å². The number of nitrogens with one attached hydrogen (secondary N) is 1. The molecule has 0 radical (unpaired) electrons. The number of benzene rings is 2. The van der Waals surface area contributed by atoms with Crippen molar-refractivity contribution < 1.29 is 9.59 Å². The van der Waals surface area contributed by atoms with Crippen molar-refractivity contribution >= 4 is 23.4 Å². The summed E-state index contributed by atoms with van der Waals surface area (Å²) in [5.74, 6) is -0.385. The first-order valence-electron chi connectivity index (χ1n) is 9.28. The highest BCUT2D eigenvalue weighted by atomic mass is 35.5. The Morgan fingerprint density at radius 3 is 2.34 bits per heavy atom. The van der Waals surface area contributed by atoms with Crippen LogP contribution in [0.25, 0.3) is 0 Å². The van der Waals surface area contributed by atoms with E-state index in [2.05, 4.69) is 10.3 Å². The van der Waals surface area contributed by atoms with Gasteiger partial charge in [0.25, 0.3) is 5.91 Å². The molecule has 3 aromatic rings. The molecule has 0 saturated carbocycles. The minimum absolute atomic E-state index is 0.0740. The van der Waals surface area contributed by atoms with Crippen molar-refractivity contribution in [3.63, 3.8) is 0 Å². The molecule has 2 amide bonds. The molecule has 0 aliphatic rings. The predicted octanol–water partition coefficient (Wildman–Crippen LogP) is 4.25. The van der Waals surface area contributed by atoms with E-state index in [1.165, 1.54) is 0 Å². The minimum atomic E-state index is -0.465. The Bertz CT molecular complexity index is 964. The Morgan fingerprint density at radius 1 is 1.00 bits per heavy atom. The summed E-state index contributed by atoms with van der Waals surface area (Å²) in [6, 6.07) is 19.6. The van der Waals surface area contributed by atoms with E-state index in [1.54, 1.807) is 48.6 Å². The molecule has 3 rings (SSSR count). The Morgan fingerprint density at radius 2 is 1.66 bits per heavy atom. The van der Waals surface area contributed by atoms with Crippen LogP contribution >= 0.6 is 11.6 Å². The largest absolute Gasteiger partial charge is 0.345 e. The highest BCUT2D eigenvalue weighted by molar-refractivity contribution is 6.33. The molecule has 148 valence electrons. The van der Waals surface area contributed by atoms with E-state index in [0.29, 0.717) is 17.1 Å². The van der Waals surface area contributed by atoms with Crippen molar-refractivity contribution in [2.45, 2.75) is 19.0 Å². The first-order valence-corrected chi connectivity index (χ1v) is 9.65. The molecule has 0 aliphatic heterocycles. The topological polar surface area (TPSA) is 62.3 Å². The molecule has 1 atom stereocenters. The molecule has 1 heterocycles. The smallest absolute Gasteiger partial charge is 0.253 e. The minimum Gasteiger partial charge on any atom is -0.345 e. The van der Waals surface area contributed by atoms with Crippen molar-refractivity contribution in [1.82, 2.24) is 15.2 Å². The van der Waals surface area contributed by atoms with Gasteiger partial charge in [0, 0.05) is 26.0 Å². The van der Waals surface area contributed by atoms with Crippen molar-refractivity contribution in [3.8, 4) is 0 Å². The summed E-state index contributed by atoms with van der Waals surface area (Å²) < 4.78 is 0. The van der Waals surface area contributed by atoms with Gasteiger partial charge in [-0.05, 0) is 35.4 Å². The Hall–Kier alpha value is -3.18. The molecule has 29 heavy (non-hydrogen) atoms. The molecular formula is C23H22ClN3O2. The van der Waals surface area contributed by atoms with E-state index in [9.17, 15) is 9.59 Å². The number of carbonyl (C=O) groups excluding carboxylic acids is 2. The second-order valence-corrected chi connectivity index (χ2v) is 7.13. The van der Waals surface area contributed by atoms with Crippen molar-refractivity contribution in [1.29, 1.82) is 0 Å². The van der Waals surface area contributed by atoms with Gasteiger partial charge in [-0.25, -0.2) is 0 Å². The zero-order valence-corrected chi connectivity index (χ0v) is 16.8. The predicted molar refractivity (Wildman–Crippen MR) is 113 cm³/mol. The number of nitrogens with zero attached hydrogens (tertiary/aromatic N) is 2. The molecule has 2 aromatic carbocycles. The zero-order chi connectivity index (χ0) is 20.6. The summed E-state index contributed by atoms with van der Waals surface area (Å²) in [7, 11) is 1.75. The van der Waals surface area contributed by atoms with Crippen LogP contribution < -0.4 is 5.32 Å². The maximum Gasteiger partial charge on any atom is 0.253 e. The summed E-state index contributed by atoms with van der Waals surface area (Å²) >= 11 is 6.15. The third kappa shape index (κ3) is 5.65. The van der Waals surface area contributed by atoms with E-state index >= 15 is 0 Å². The van der Waals surface area contributed by atoms with Crippen molar-refractivity contribution in [3.05, 3.63) is 101 Å². The molecule has 0 fully saturated rings. The van der Waals surface area contributed by atoms with E-state index < -0.39 is 6.04 Å². The molecule has 1 N–H and O–H groups in total. The first-order chi connectivity index (χ1) is 14.0. The molecule has 5 nitrogen and oxygen atoms in total. The summed E-state index contributed by atoms with van der Waals surface area (Å²) in [5, 5.41) is 3.33. The first kappa shape index (κ1) is 20.6. The maximum absolute atomic E-state index is 12.8. The van der Waals surface area contributed by atoms with Crippen LogP contribution in [0.3, 0.4) is 0 Å². The SMILES string of the molecule is CN(Cc1ccncc1)C(=O)CC(NC(=O)c1ccccc1Cl)c1ccccc1. The summed E-state index contributed by atoms with van der Waals surface area (Å²) in [6.45, 7) is 0.474. The van der Waals surface area contributed by atoms with Crippen LogP contribution in [-0.2, 0) is 11.3 Å². The number of halogens is 1. The van der Waals surface area contributed by atoms with E-state index in [-0.39, 0.29) is 18.2 Å². The molecule has 1 aromatic heterocycles. The van der Waals surface area contributed by atoms with Gasteiger partial charge < -0.3 is 10.2 Å². The summed E-state index contributed by atoms with van der Waals surface area (Å²) in [6.07, 6.45) is 3.54. The highest BCUT2D eigenvalue weighted by Gasteiger charge is 2.22. The Balaban J connectivity index is 1.74. The second kappa shape index (κ2) is 9.85. The number of aromatic nitrogens is 1. The average molecular weight is 408 g/mol. The van der Waals surface area contributed by atoms with Crippen molar-refractivity contribution in [2.75, 3.05) is 7.05 Å². The third-order valence-corrected chi connectivity index (χ3v) is 4.93. The number of carbonyl (C=O) groups is 2.